The van der Waals surface area contributed by atoms with Gasteiger partial charge in [0.1, 0.15) is 5.82 Å². The minimum atomic E-state index is -0.384. The van der Waals surface area contributed by atoms with E-state index in [9.17, 15) is 9.18 Å². The molecule has 1 amide bonds. The standard InChI is InChI=1S/C17H13ClFN3O/c18-15-4-2-1-3-13(15)11-22-10-9-16(21-22)20-17(23)12-5-7-14(19)8-6-12/h1-10H,11H2,(H,20,21,23). The van der Waals surface area contributed by atoms with Crippen molar-refractivity contribution in [3.05, 3.63) is 82.8 Å². The number of rotatable bonds is 4. The number of carbonyl (C=O) groups excluding carboxylic acids is 1. The summed E-state index contributed by atoms with van der Waals surface area (Å²) in [5.41, 5.74) is 1.31. The lowest BCUT2D eigenvalue weighted by atomic mass is 10.2. The predicted molar refractivity (Wildman–Crippen MR) is 87.1 cm³/mol. The van der Waals surface area contributed by atoms with E-state index in [1.807, 2.05) is 24.3 Å². The van der Waals surface area contributed by atoms with Crippen LogP contribution < -0.4 is 5.32 Å². The Hall–Kier alpha value is -2.66. The molecule has 1 N–H and O–H groups in total. The average molecular weight is 330 g/mol. The molecule has 0 aliphatic heterocycles. The van der Waals surface area contributed by atoms with Crippen LogP contribution in [-0.4, -0.2) is 15.7 Å². The summed E-state index contributed by atoms with van der Waals surface area (Å²) >= 11 is 6.12. The van der Waals surface area contributed by atoms with Crippen LogP contribution in [0.1, 0.15) is 15.9 Å². The first kappa shape index (κ1) is 15.2. The summed E-state index contributed by atoms with van der Waals surface area (Å²) in [6.07, 6.45) is 1.75. The summed E-state index contributed by atoms with van der Waals surface area (Å²) < 4.78 is 14.5. The SMILES string of the molecule is O=C(Nc1ccn(Cc2ccccc2Cl)n1)c1ccc(F)cc1. The second-order valence-corrected chi connectivity index (χ2v) is 5.36. The van der Waals surface area contributed by atoms with Gasteiger partial charge in [-0.15, -0.1) is 0 Å². The first-order valence-electron chi connectivity index (χ1n) is 6.95. The summed E-state index contributed by atoms with van der Waals surface area (Å²) in [6, 6.07) is 14.5. The summed E-state index contributed by atoms with van der Waals surface area (Å²) in [4.78, 5) is 12.0. The largest absolute Gasteiger partial charge is 0.305 e. The van der Waals surface area contributed by atoms with E-state index >= 15 is 0 Å². The number of amides is 1. The average Bonchev–Trinajstić information content (AvgIpc) is 2.97. The zero-order valence-electron chi connectivity index (χ0n) is 12.0. The van der Waals surface area contributed by atoms with Crippen LogP contribution in [0.15, 0.2) is 60.8 Å². The Balaban J connectivity index is 1.68. The molecule has 23 heavy (non-hydrogen) atoms. The van der Waals surface area contributed by atoms with Gasteiger partial charge in [0, 0.05) is 22.8 Å². The highest BCUT2D eigenvalue weighted by molar-refractivity contribution is 6.31. The number of nitrogens with one attached hydrogen (secondary N) is 1. The lowest BCUT2D eigenvalue weighted by Gasteiger charge is -2.04. The van der Waals surface area contributed by atoms with Crippen LogP contribution in [0, 0.1) is 5.82 Å². The van der Waals surface area contributed by atoms with E-state index in [0.717, 1.165) is 5.56 Å². The van der Waals surface area contributed by atoms with Gasteiger partial charge in [0.25, 0.3) is 5.91 Å². The lowest BCUT2D eigenvalue weighted by Crippen LogP contribution is -2.12. The third-order valence-corrected chi connectivity index (χ3v) is 3.65. The molecular formula is C17H13ClFN3O. The van der Waals surface area contributed by atoms with Gasteiger partial charge in [-0.1, -0.05) is 29.8 Å². The van der Waals surface area contributed by atoms with Gasteiger partial charge in [0.05, 0.1) is 6.54 Å². The number of anilines is 1. The van der Waals surface area contributed by atoms with E-state index in [2.05, 4.69) is 10.4 Å². The quantitative estimate of drug-likeness (QED) is 0.787. The minimum Gasteiger partial charge on any atom is -0.305 e. The molecule has 3 aromatic rings. The third kappa shape index (κ3) is 3.76. The predicted octanol–water partition coefficient (Wildman–Crippen LogP) is 3.98. The molecule has 116 valence electrons. The highest BCUT2D eigenvalue weighted by Gasteiger charge is 2.08. The van der Waals surface area contributed by atoms with Crippen LogP contribution in [-0.2, 0) is 6.54 Å². The van der Waals surface area contributed by atoms with Gasteiger partial charge in [-0.05, 0) is 35.9 Å². The molecule has 0 saturated heterocycles. The Labute approximate surface area is 137 Å². The van der Waals surface area contributed by atoms with Gasteiger partial charge in [-0.25, -0.2) is 4.39 Å². The van der Waals surface area contributed by atoms with Crippen LogP contribution in [0.4, 0.5) is 10.2 Å². The van der Waals surface area contributed by atoms with Gasteiger partial charge in [-0.3, -0.25) is 9.48 Å². The molecule has 0 bridgehead atoms. The number of benzene rings is 2. The number of carbonyl (C=O) groups is 1. The van der Waals surface area contributed by atoms with Gasteiger partial charge in [0.15, 0.2) is 5.82 Å². The van der Waals surface area contributed by atoms with Crippen molar-refractivity contribution in [2.75, 3.05) is 5.32 Å². The van der Waals surface area contributed by atoms with E-state index in [1.165, 1.54) is 24.3 Å². The number of halogens is 2. The highest BCUT2D eigenvalue weighted by atomic mass is 35.5. The fraction of sp³-hybridized carbons (Fsp3) is 0.0588. The number of hydrogen-bond donors (Lipinski definition) is 1. The van der Waals surface area contributed by atoms with Gasteiger partial charge in [-0.2, -0.15) is 5.10 Å². The van der Waals surface area contributed by atoms with Crippen LogP contribution in [0.25, 0.3) is 0 Å². The van der Waals surface area contributed by atoms with Crippen LogP contribution in [0.5, 0.6) is 0 Å². The van der Waals surface area contributed by atoms with Gasteiger partial charge < -0.3 is 5.32 Å². The van der Waals surface area contributed by atoms with Crippen LogP contribution in [0.2, 0.25) is 5.02 Å². The second kappa shape index (κ2) is 6.62. The lowest BCUT2D eigenvalue weighted by molar-refractivity contribution is 0.102. The Morgan fingerprint density at radius 1 is 1.13 bits per heavy atom. The second-order valence-electron chi connectivity index (χ2n) is 4.95. The zero-order chi connectivity index (χ0) is 16.2. The zero-order valence-corrected chi connectivity index (χ0v) is 12.8. The topological polar surface area (TPSA) is 46.9 Å². The molecule has 1 aromatic heterocycles. The maximum Gasteiger partial charge on any atom is 0.256 e. The molecule has 0 spiro atoms. The van der Waals surface area contributed by atoms with E-state index in [0.29, 0.717) is 22.9 Å². The van der Waals surface area contributed by atoms with Crippen LogP contribution >= 0.6 is 11.6 Å². The molecule has 0 aliphatic carbocycles. The van der Waals surface area contributed by atoms with E-state index < -0.39 is 0 Å². The normalized spacial score (nSPS) is 10.5. The smallest absolute Gasteiger partial charge is 0.256 e. The fourth-order valence-electron chi connectivity index (χ4n) is 2.11. The Morgan fingerprint density at radius 2 is 1.87 bits per heavy atom. The van der Waals surface area contributed by atoms with Crippen molar-refractivity contribution >= 4 is 23.3 Å². The molecule has 0 radical (unpaired) electrons. The van der Waals surface area contributed by atoms with E-state index in [1.54, 1.807) is 16.9 Å². The molecule has 6 heteroatoms. The Bertz CT molecular complexity index is 830. The monoisotopic (exact) mass is 329 g/mol. The maximum absolute atomic E-state index is 12.9. The summed E-state index contributed by atoms with van der Waals surface area (Å²) in [5.74, 6) is -0.301. The Morgan fingerprint density at radius 3 is 2.61 bits per heavy atom. The van der Waals surface area contributed by atoms with Crippen molar-refractivity contribution < 1.29 is 9.18 Å². The molecule has 0 atom stereocenters. The van der Waals surface area contributed by atoms with E-state index in [-0.39, 0.29) is 11.7 Å². The number of nitrogens with zero attached hydrogens (tertiary/aromatic N) is 2. The van der Waals surface area contributed by atoms with Crippen molar-refractivity contribution in [3.8, 4) is 0 Å². The molecule has 1 heterocycles. The first-order chi connectivity index (χ1) is 11.1. The molecule has 0 aliphatic rings. The molecule has 3 rings (SSSR count). The maximum atomic E-state index is 12.9. The van der Waals surface area contributed by atoms with Crippen molar-refractivity contribution in [1.29, 1.82) is 0 Å². The molecule has 2 aromatic carbocycles. The molecule has 0 unspecified atom stereocenters. The number of aromatic nitrogens is 2. The molecule has 0 fully saturated rings. The van der Waals surface area contributed by atoms with E-state index in [4.69, 9.17) is 11.6 Å². The van der Waals surface area contributed by atoms with Crippen molar-refractivity contribution in [3.63, 3.8) is 0 Å². The highest BCUT2D eigenvalue weighted by Crippen LogP contribution is 2.16. The summed E-state index contributed by atoms with van der Waals surface area (Å²) in [6.45, 7) is 0.506. The first-order valence-corrected chi connectivity index (χ1v) is 7.33. The fourth-order valence-corrected chi connectivity index (χ4v) is 2.30. The molecule has 0 saturated carbocycles. The van der Waals surface area contributed by atoms with Crippen LogP contribution in [0.3, 0.4) is 0 Å². The van der Waals surface area contributed by atoms with Crippen molar-refractivity contribution in [1.82, 2.24) is 9.78 Å². The summed E-state index contributed by atoms with van der Waals surface area (Å²) in [7, 11) is 0. The van der Waals surface area contributed by atoms with Crippen molar-refractivity contribution in [2.24, 2.45) is 0 Å². The molecular weight excluding hydrogens is 317 g/mol. The molecule has 4 nitrogen and oxygen atoms in total. The van der Waals surface area contributed by atoms with Gasteiger partial charge in [0.2, 0.25) is 0 Å². The number of hydrogen-bond acceptors (Lipinski definition) is 2. The third-order valence-electron chi connectivity index (χ3n) is 3.28. The van der Waals surface area contributed by atoms with Crippen molar-refractivity contribution in [2.45, 2.75) is 6.54 Å². The summed E-state index contributed by atoms with van der Waals surface area (Å²) in [5, 5.41) is 7.62. The van der Waals surface area contributed by atoms with Gasteiger partial charge >= 0.3 is 0 Å². The Kier molecular flexibility index (Phi) is 4.39. The minimum absolute atomic E-state index is 0.340.